The standard InChI is InChI=1S/C27H44O11/c1-19(31-15-16-32-21(28)18-30-14-13-29-2)34-23-22(20-17-33-26(36-20)9-5-3-6-10-26)35-25-24(23)37-27(38-25)11-7-4-8-12-27/h19-20,22-25H,3-18H2,1-2H3/t19?,20?,22-,23+,24-,25-/m1/s1. The molecule has 2 aliphatic carbocycles. The minimum Gasteiger partial charge on any atom is -0.462 e. The third-order valence-electron chi connectivity index (χ3n) is 8.06. The van der Waals surface area contributed by atoms with E-state index in [0.717, 1.165) is 51.4 Å². The van der Waals surface area contributed by atoms with Crippen molar-refractivity contribution in [2.45, 2.75) is 120 Å². The molecule has 38 heavy (non-hydrogen) atoms. The maximum absolute atomic E-state index is 11.8. The third kappa shape index (κ3) is 6.87. The largest absolute Gasteiger partial charge is 0.462 e. The molecule has 0 N–H and O–H groups in total. The van der Waals surface area contributed by atoms with Gasteiger partial charge in [-0.05, 0) is 32.6 Å². The van der Waals surface area contributed by atoms with Crippen LogP contribution in [0.2, 0.25) is 0 Å². The molecule has 2 unspecified atom stereocenters. The number of fused-ring (bicyclic) bond motifs is 1. The van der Waals surface area contributed by atoms with Gasteiger partial charge in [0.05, 0.1) is 26.4 Å². The number of carbonyl (C=O) groups is 1. The number of hydrogen-bond acceptors (Lipinski definition) is 11. The van der Waals surface area contributed by atoms with Gasteiger partial charge < -0.3 is 47.4 Å². The SMILES string of the molecule is COCCOCC(=O)OCCOC(C)O[C@@H]1[C@H]2OC3(CCCCC3)O[C@H]2O[C@@H]1C1COC2(CCCCC2)O1. The molecular weight excluding hydrogens is 500 g/mol. The van der Waals surface area contributed by atoms with E-state index in [1.54, 1.807) is 7.11 Å². The average molecular weight is 545 g/mol. The second-order valence-corrected chi connectivity index (χ2v) is 10.9. The molecule has 3 heterocycles. The number of methoxy groups -OCH3 is 1. The van der Waals surface area contributed by atoms with Crippen molar-refractivity contribution in [2.75, 3.05) is 46.8 Å². The van der Waals surface area contributed by atoms with Gasteiger partial charge >= 0.3 is 5.97 Å². The van der Waals surface area contributed by atoms with Crippen molar-refractivity contribution in [3.05, 3.63) is 0 Å². The highest BCUT2D eigenvalue weighted by Crippen LogP contribution is 2.48. The molecule has 0 bridgehead atoms. The van der Waals surface area contributed by atoms with E-state index in [2.05, 4.69) is 0 Å². The van der Waals surface area contributed by atoms with Crippen LogP contribution in [0.25, 0.3) is 0 Å². The smallest absolute Gasteiger partial charge is 0.332 e. The van der Waals surface area contributed by atoms with Gasteiger partial charge in [0.25, 0.3) is 0 Å². The Balaban J connectivity index is 1.14. The van der Waals surface area contributed by atoms with Gasteiger partial charge in [0.2, 0.25) is 0 Å². The normalized spacial score (nSPS) is 34.5. The highest BCUT2D eigenvalue weighted by Gasteiger charge is 2.62. The second-order valence-electron chi connectivity index (χ2n) is 10.9. The molecule has 218 valence electrons. The molecule has 2 saturated carbocycles. The van der Waals surface area contributed by atoms with Gasteiger partial charge in [-0.2, -0.15) is 0 Å². The van der Waals surface area contributed by atoms with Crippen LogP contribution in [0.4, 0.5) is 0 Å². The lowest BCUT2D eigenvalue weighted by Crippen LogP contribution is -2.47. The van der Waals surface area contributed by atoms with Crippen LogP contribution in [0.5, 0.6) is 0 Å². The molecular formula is C27H44O11. The third-order valence-corrected chi connectivity index (χ3v) is 8.06. The maximum Gasteiger partial charge on any atom is 0.332 e. The summed E-state index contributed by atoms with van der Waals surface area (Å²) in [4.78, 5) is 11.8. The summed E-state index contributed by atoms with van der Waals surface area (Å²) in [6.45, 7) is 3.20. The first-order chi connectivity index (χ1) is 18.5. The molecule has 5 rings (SSSR count). The molecule has 0 amide bonds. The summed E-state index contributed by atoms with van der Waals surface area (Å²) in [5.74, 6) is -1.56. The molecule has 5 aliphatic rings. The van der Waals surface area contributed by atoms with E-state index in [9.17, 15) is 4.79 Å². The summed E-state index contributed by atoms with van der Waals surface area (Å²) >= 11 is 0. The highest BCUT2D eigenvalue weighted by atomic mass is 16.9. The van der Waals surface area contributed by atoms with Crippen LogP contribution in [-0.2, 0) is 52.2 Å². The van der Waals surface area contributed by atoms with Gasteiger partial charge in [-0.1, -0.05) is 12.8 Å². The summed E-state index contributed by atoms with van der Waals surface area (Å²) in [6, 6.07) is 0. The average Bonchev–Trinajstić information content (AvgIpc) is 3.57. The van der Waals surface area contributed by atoms with E-state index in [1.807, 2.05) is 6.92 Å². The summed E-state index contributed by atoms with van der Waals surface area (Å²) in [5.41, 5.74) is 0. The van der Waals surface area contributed by atoms with Crippen LogP contribution in [0.3, 0.4) is 0 Å². The van der Waals surface area contributed by atoms with E-state index in [-0.39, 0.29) is 32.0 Å². The predicted octanol–water partition coefficient (Wildman–Crippen LogP) is 2.82. The maximum atomic E-state index is 11.8. The zero-order chi connectivity index (χ0) is 26.4. The summed E-state index contributed by atoms with van der Waals surface area (Å²) < 4.78 is 59.5. The topological polar surface area (TPSA) is 109 Å². The number of hydrogen-bond donors (Lipinski definition) is 0. The van der Waals surface area contributed by atoms with E-state index in [1.165, 1.54) is 12.8 Å². The van der Waals surface area contributed by atoms with E-state index in [0.29, 0.717) is 19.8 Å². The molecule has 5 fully saturated rings. The van der Waals surface area contributed by atoms with Crippen LogP contribution >= 0.6 is 0 Å². The lowest BCUT2D eigenvalue weighted by atomic mass is 9.94. The number of rotatable bonds is 12. The molecule has 0 aromatic rings. The Morgan fingerprint density at radius 2 is 1.61 bits per heavy atom. The van der Waals surface area contributed by atoms with Crippen LogP contribution < -0.4 is 0 Å². The van der Waals surface area contributed by atoms with Crippen LogP contribution in [0, 0.1) is 0 Å². The molecule has 11 nitrogen and oxygen atoms in total. The van der Waals surface area contributed by atoms with E-state index >= 15 is 0 Å². The number of ether oxygens (including phenoxy) is 10. The lowest BCUT2D eigenvalue weighted by molar-refractivity contribution is -0.274. The fourth-order valence-electron chi connectivity index (χ4n) is 6.20. The molecule has 0 radical (unpaired) electrons. The minimum absolute atomic E-state index is 0.0988. The zero-order valence-electron chi connectivity index (χ0n) is 22.8. The molecule has 0 aromatic heterocycles. The Kier molecular flexibility index (Phi) is 9.93. The van der Waals surface area contributed by atoms with E-state index in [4.69, 9.17) is 47.4 Å². The first-order valence-electron chi connectivity index (χ1n) is 14.3. The monoisotopic (exact) mass is 544 g/mol. The van der Waals surface area contributed by atoms with Crippen LogP contribution in [0.15, 0.2) is 0 Å². The molecule has 11 heteroatoms. The Labute approximate surface area is 224 Å². The van der Waals surface area contributed by atoms with Crippen molar-refractivity contribution < 1.29 is 52.2 Å². The molecule has 3 aliphatic heterocycles. The summed E-state index contributed by atoms with van der Waals surface area (Å²) in [5, 5.41) is 0. The van der Waals surface area contributed by atoms with Gasteiger partial charge in [0.1, 0.15) is 37.6 Å². The second kappa shape index (κ2) is 13.2. The van der Waals surface area contributed by atoms with Crippen molar-refractivity contribution in [1.29, 1.82) is 0 Å². The molecule has 6 atom stereocenters. The molecule has 3 saturated heterocycles. The van der Waals surface area contributed by atoms with Crippen molar-refractivity contribution >= 4 is 5.97 Å². The van der Waals surface area contributed by atoms with Gasteiger partial charge in [-0.3, -0.25) is 0 Å². The fraction of sp³-hybridized carbons (Fsp3) is 0.963. The first-order valence-corrected chi connectivity index (χ1v) is 14.3. The molecule has 0 aromatic carbocycles. The van der Waals surface area contributed by atoms with Crippen molar-refractivity contribution in [2.24, 2.45) is 0 Å². The van der Waals surface area contributed by atoms with Gasteiger partial charge in [0.15, 0.2) is 24.2 Å². The number of carbonyl (C=O) groups excluding carboxylic acids is 1. The first kappa shape index (κ1) is 28.6. The Bertz CT molecular complexity index is 751. The number of esters is 1. The summed E-state index contributed by atoms with van der Waals surface area (Å²) in [7, 11) is 1.57. The minimum atomic E-state index is -0.596. The highest BCUT2D eigenvalue weighted by molar-refractivity contribution is 5.70. The van der Waals surface area contributed by atoms with Crippen LogP contribution in [-0.4, -0.2) is 101 Å². The van der Waals surface area contributed by atoms with Gasteiger partial charge in [-0.25, -0.2) is 4.79 Å². The Morgan fingerprint density at radius 1 is 0.868 bits per heavy atom. The van der Waals surface area contributed by atoms with Gasteiger partial charge in [-0.15, -0.1) is 0 Å². The van der Waals surface area contributed by atoms with Crippen molar-refractivity contribution in [3.63, 3.8) is 0 Å². The van der Waals surface area contributed by atoms with Gasteiger partial charge in [0, 0.05) is 32.8 Å². The fourth-order valence-corrected chi connectivity index (χ4v) is 6.20. The summed E-state index contributed by atoms with van der Waals surface area (Å²) in [6.07, 6.45) is 7.70. The zero-order valence-corrected chi connectivity index (χ0v) is 22.8. The van der Waals surface area contributed by atoms with E-state index < -0.39 is 42.3 Å². The molecule has 2 spiro atoms. The van der Waals surface area contributed by atoms with Crippen LogP contribution in [0.1, 0.15) is 71.1 Å². The predicted molar refractivity (Wildman–Crippen MR) is 131 cm³/mol. The Morgan fingerprint density at radius 3 is 2.34 bits per heavy atom. The quantitative estimate of drug-likeness (QED) is 0.206. The Hall–Kier alpha value is -0.890. The van der Waals surface area contributed by atoms with Crippen molar-refractivity contribution in [3.8, 4) is 0 Å². The van der Waals surface area contributed by atoms with Crippen molar-refractivity contribution in [1.82, 2.24) is 0 Å². The lowest BCUT2D eigenvalue weighted by Gasteiger charge is -2.36.